The molecule has 3 atom stereocenters. The smallest absolute Gasteiger partial charge is 0.472 e. The molecule has 0 aromatic carbocycles. The number of phosphoric acid groups is 1. The van der Waals surface area contributed by atoms with Crippen LogP contribution >= 0.6 is 7.82 Å². The van der Waals surface area contributed by atoms with Gasteiger partial charge in [0.15, 0.2) is 0 Å². The lowest BCUT2D eigenvalue weighted by Crippen LogP contribution is -2.34. The lowest BCUT2D eigenvalue weighted by Gasteiger charge is -2.20. The van der Waals surface area contributed by atoms with Crippen LogP contribution in [-0.4, -0.2) is 60.5 Å². The van der Waals surface area contributed by atoms with E-state index in [0.29, 0.717) is 13.0 Å². The summed E-state index contributed by atoms with van der Waals surface area (Å²) in [7, 11) is -4.63. The van der Waals surface area contributed by atoms with Gasteiger partial charge in [0.05, 0.1) is 19.8 Å². The molecule has 0 spiro atoms. The molecule has 0 bridgehead atoms. The molecule has 10 nitrogen and oxygen atoms in total. The van der Waals surface area contributed by atoms with Gasteiger partial charge in [-0.2, -0.15) is 0 Å². The van der Waals surface area contributed by atoms with Crippen LogP contribution in [0.1, 0.15) is 206 Å². The summed E-state index contributed by atoms with van der Waals surface area (Å²) in [5.74, 6) is -1.79. The topological polar surface area (TPSA) is 155 Å². The van der Waals surface area contributed by atoms with Crippen LogP contribution in [0.3, 0.4) is 0 Å². The molecule has 3 unspecified atom stereocenters. The first kappa shape index (κ1) is 58.7. The van der Waals surface area contributed by atoms with E-state index in [1.54, 1.807) is 0 Å². The maximum Gasteiger partial charge on any atom is 0.472 e. The van der Waals surface area contributed by atoms with Crippen LogP contribution in [0.4, 0.5) is 0 Å². The third kappa shape index (κ3) is 45.5. The average molecular weight is 880 g/mol. The Morgan fingerprint density at radius 1 is 0.541 bits per heavy atom. The molecule has 0 fully saturated rings. The zero-order valence-corrected chi connectivity index (χ0v) is 39.6. The molecule has 0 aliphatic carbocycles. The van der Waals surface area contributed by atoms with Gasteiger partial charge in [-0.1, -0.05) is 184 Å². The predicted octanol–water partition coefficient (Wildman–Crippen LogP) is 14.0. The molecule has 0 radical (unpaired) electrons. The summed E-state index contributed by atoms with van der Waals surface area (Å²) < 4.78 is 33.5. The summed E-state index contributed by atoms with van der Waals surface area (Å²) in [6.07, 6.45) is 55.6. The Morgan fingerprint density at radius 3 is 1.43 bits per heavy atom. The molecule has 0 aromatic heterocycles. The molecule has 4 N–H and O–H groups in total. The number of phosphoric ester groups is 1. The molecule has 0 amide bonds. The van der Waals surface area contributed by atoms with Crippen LogP contribution in [0.2, 0.25) is 0 Å². The zero-order chi connectivity index (χ0) is 44.8. The quantitative estimate of drug-likeness (QED) is 0.0233. The van der Waals surface area contributed by atoms with E-state index in [-0.39, 0.29) is 13.0 Å². The summed E-state index contributed by atoms with van der Waals surface area (Å²) in [6, 6.07) is -1.48. The van der Waals surface area contributed by atoms with Crippen molar-refractivity contribution in [3.8, 4) is 0 Å². The maximum atomic E-state index is 12.7. The van der Waals surface area contributed by atoms with Gasteiger partial charge in [-0.3, -0.25) is 18.6 Å². The highest BCUT2D eigenvalue weighted by molar-refractivity contribution is 7.47. The number of carbonyl (C=O) groups excluding carboxylic acids is 1. The first-order chi connectivity index (χ1) is 29.7. The summed E-state index contributed by atoms with van der Waals surface area (Å²) in [6.45, 7) is 3.75. The molecule has 0 aliphatic rings. The normalized spacial score (nSPS) is 14.3. The number of hydrogen-bond acceptors (Lipinski definition) is 8. The Balaban J connectivity index is 4.18. The number of carboxylic acid groups (broad SMARTS) is 1. The van der Waals surface area contributed by atoms with Crippen LogP contribution < -0.4 is 5.73 Å². The molecule has 0 saturated carbocycles. The second-order valence-electron chi connectivity index (χ2n) is 16.2. The van der Waals surface area contributed by atoms with E-state index in [1.807, 2.05) is 0 Å². The Hall–Kier alpha value is -2.33. The molecular weight excluding hydrogens is 790 g/mol. The number of allylic oxidation sites excluding steroid dienone is 10. The molecular formula is C50H90NO9P. The monoisotopic (exact) mass is 880 g/mol. The van der Waals surface area contributed by atoms with Crippen molar-refractivity contribution in [2.24, 2.45) is 5.73 Å². The minimum atomic E-state index is -4.63. The second-order valence-corrected chi connectivity index (χ2v) is 17.7. The van der Waals surface area contributed by atoms with Crippen molar-refractivity contribution in [1.29, 1.82) is 0 Å². The van der Waals surface area contributed by atoms with Crippen molar-refractivity contribution >= 4 is 19.8 Å². The van der Waals surface area contributed by atoms with E-state index < -0.39 is 45.1 Å². The summed E-state index contributed by atoms with van der Waals surface area (Å²) in [4.78, 5) is 33.6. The van der Waals surface area contributed by atoms with E-state index in [0.717, 1.165) is 70.6 Å². The third-order valence-corrected chi connectivity index (χ3v) is 11.2. The van der Waals surface area contributed by atoms with Crippen molar-refractivity contribution in [2.45, 2.75) is 219 Å². The highest BCUT2D eigenvalue weighted by Gasteiger charge is 2.27. The van der Waals surface area contributed by atoms with Crippen molar-refractivity contribution in [2.75, 3.05) is 26.4 Å². The molecule has 0 saturated heterocycles. The first-order valence-corrected chi connectivity index (χ1v) is 25.8. The van der Waals surface area contributed by atoms with Gasteiger partial charge in [0.1, 0.15) is 12.1 Å². The minimum absolute atomic E-state index is 0.00894. The lowest BCUT2D eigenvalue weighted by molar-refractivity contribution is -0.154. The molecule has 0 aliphatic heterocycles. The molecule has 0 rings (SSSR count). The summed E-state index contributed by atoms with van der Waals surface area (Å²) in [5, 5.41) is 8.92. The predicted molar refractivity (Wildman–Crippen MR) is 254 cm³/mol. The first-order valence-electron chi connectivity index (χ1n) is 24.3. The fraction of sp³-hybridized carbons (Fsp3) is 0.760. The van der Waals surface area contributed by atoms with Gasteiger partial charge < -0.3 is 25.2 Å². The van der Waals surface area contributed by atoms with Crippen LogP contribution in [0.15, 0.2) is 60.8 Å². The number of hydrogen-bond donors (Lipinski definition) is 3. The average Bonchev–Trinajstić information content (AvgIpc) is 3.24. The Morgan fingerprint density at radius 2 is 0.951 bits per heavy atom. The Bertz CT molecular complexity index is 1200. The molecule has 0 aromatic rings. The number of nitrogens with two attached hydrogens (primary N) is 1. The van der Waals surface area contributed by atoms with Crippen molar-refractivity contribution in [3.05, 3.63) is 60.8 Å². The molecule has 354 valence electrons. The number of esters is 1. The van der Waals surface area contributed by atoms with Gasteiger partial charge in [0.25, 0.3) is 0 Å². The van der Waals surface area contributed by atoms with Crippen molar-refractivity contribution in [3.63, 3.8) is 0 Å². The van der Waals surface area contributed by atoms with E-state index in [9.17, 15) is 19.0 Å². The number of aliphatic carboxylic acids is 1. The highest BCUT2D eigenvalue weighted by Crippen LogP contribution is 2.43. The number of rotatable bonds is 46. The highest BCUT2D eigenvalue weighted by atomic mass is 31.2. The number of carboxylic acids is 1. The van der Waals surface area contributed by atoms with Crippen LogP contribution in [-0.2, 0) is 32.7 Å². The largest absolute Gasteiger partial charge is 0.480 e. The van der Waals surface area contributed by atoms with Crippen LogP contribution in [0.25, 0.3) is 0 Å². The fourth-order valence-electron chi connectivity index (χ4n) is 6.53. The van der Waals surface area contributed by atoms with Crippen LogP contribution in [0, 0.1) is 0 Å². The van der Waals surface area contributed by atoms with Gasteiger partial charge in [-0.15, -0.1) is 0 Å². The fourth-order valence-corrected chi connectivity index (χ4v) is 7.31. The summed E-state index contributed by atoms with van der Waals surface area (Å²) in [5.41, 5.74) is 5.37. The zero-order valence-electron chi connectivity index (χ0n) is 38.7. The van der Waals surface area contributed by atoms with Gasteiger partial charge in [-0.05, 0) is 77.0 Å². The van der Waals surface area contributed by atoms with Gasteiger partial charge >= 0.3 is 19.8 Å². The van der Waals surface area contributed by atoms with E-state index in [4.69, 9.17) is 29.4 Å². The molecule has 0 heterocycles. The second kappa shape index (κ2) is 45.7. The number of carbonyl (C=O) groups is 2. The standard InChI is InChI=1S/C50H90NO9P/c1-3-5-7-9-11-13-15-17-19-21-22-23-24-25-27-29-31-33-35-37-39-41-43-57-44-47(45-58-61(55,56)59-46-48(51)50(53)54)60-49(52)42-40-38-36-34-32-30-28-26-20-18-16-14-12-10-8-6-4-2/h6,8,12,14-15,17-18,20-22,47-48H,3-5,7,9-11,13,16,19,23-46,51H2,1-2H3,(H,53,54)(H,55,56)/b8-6-,14-12-,17-15-,20-18-,22-21-. The summed E-state index contributed by atoms with van der Waals surface area (Å²) >= 11 is 0. The van der Waals surface area contributed by atoms with Crippen LogP contribution in [0.5, 0.6) is 0 Å². The Kier molecular flexibility index (Phi) is 43.9. The van der Waals surface area contributed by atoms with Crippen molar-refractivity contribution in [1.82, 2.24) is 0 Å². The lowest BCUT2D eigenvalue weighted by atomic mass is 10.1. The number of ether oxygens (including phenoxy) is 2. The van der Waals surface area contributed by atoms with E-state index in [1.165, 1.54) is 109 Å². The maximum absolute atomic E-state index is 12.7. The molecule has 11 heteroatoms. The SMILES string of the molecule is CC/C=C\C/C=C\C/C=C\CCCCCCCCCC(=O)OC(COCCCCCCCCCCCC/C=C\C/C=C\CCCCCCC)COP(=O)(O)OCC(N)C(=O)O. The molecule has 61 heavy (non-hydrogen) atoms. The van der Waals surface area contributed by atoms with E-state index in [2.05, 4.69) is 74.6 Å². The van der Waals surface area contributed by atoms with Gasteiger partial charge in [0, 0.05) is 13.0 Å². The van der Waals surface area contributed by atoms with E-state index >= 15 is 0 Å². The van der Waals surface area contributed by atoms with Gasteiger partial charge in [0.2, 0.25) is 0 Å². The Labute approximate surface area is 372 Å². The van der Waals surface area contributed by atoms with Crippen molar-refractivity contribution < 1.29 is 42.7 Å². The minimum Gasteiger partial charge on any atom is -0.480 e. The number of unbranched alkanes of at least 4 members (excludes halogenated alkanes) is 22. The third-order valence-electron chi connectivity index (χ3n) is 10.3. The van der Waals surface area contributed by atoms with Gasteiger partial charge in [-0.25, -0.2) is 4.57 Å².